The summed E-state index contributed by atoms with van der Waals surface area (Å²) in [6, 6.07) is 8.60. The number of hydrogen-bond donors (Lipinski definition) is 1. The monoisotopic (exact) mass is 329 g/mol. The second-order valence-corrected chi connectivity index (χ2v) is 6.37. The average Bonchev–Trinajstić information content (AvgIpc) is 2.89. The minimum Gasteiger partial charge on any atom is -0.458 e. The van der Waals surface area contributed by atoms with E-state index in [9.17, 15) is 9.59 Å². The largest absolute Gasteiger partial charge is 0.458 e. The summed E-state index contributed by atoms with van der Waals surface area (Å²) < 4.78 is 5.62. The van der Waals surface area contributed by atoms with Gasteiger partial charge in [0.2, 0.25) is 5.91 Å². The van der Waals surface area contributed by atoms with Gasteiger partial charge < -0.3 is 10.5 Å². The van der Waals surface area contributed by atoms with E-state index in [1.54, 1.807) is 0 Å². The first-order valence-electron chi connectivity index (χ1n) is 8.57. The SMILES string of the molecule is NC(=O)C1CC(C(=O)OC2CCCCCC2)=NN1c1ccccc1. The number of ether oxygens (including phenoxy) is 1. The molecule has 6 nitrogen and oxygen atoms in total. The fourth-order valence-corrected chi connectivity index (χ4v) is 3.25. The highest BCUT2D eigenvalue weighted by atomic mass is 16.5. The van der Waals surface area contributed by atoms with E-state index < -0.39 is 17.9 Å². The van der Waals surface area contributed by atoms with Crippen LogP contribution in [0, 0.1) is 0 Å². The van der Waals surface area contributed by atoms with Gasteiger partial charge in [-0.05, 0) is 37.8 Å². The van der Waals surface area contributed by atoms with Crippen LogP contribution in [-0.4, -0.2) is 29.7 Å². The van der Waals surface area contributed by atoms with Crippen molar-refractivity contribution < 1.29 is 14.3 Å². The first-order chi connectivity index (χ1) is 11.6. The minimum absolute atomic E-state index is 0.0412. The third kappa shape index (κ3) is 3.75. The molecular weight excluding hydrogens is 306 g/mol. The van der Waals surface area contributed by atoms with E-state index in [4.69, 9.17) is 10.5 Å². The molecule has 0 saturated heterocycles. The molecule has 1 aliphatic heterocycles. The van der Waals surface area contributed by atoms with Gasteiger partial charge in [0.15, 0.2) is 0 Å². The summed E-state index contributed by atoms with van der Waals surface area (Å²) in [6.07, 6.45) is 6.52. The van der Waals surface area contributed by atoms with Crippen LogP contribution in [0.15, 0.2) is 35.4 Å². The molecule has 1 amide bonds. The van der Waals surface area contributed by atoms with Crippen LogP contribution in [0.25, 0.3) is 0 Å². The number of carbonyl (C=O) groups excluding carboxylic acids is 2. The van der Waals surface area contributed by atoms with Crippen molar-refractivity contribution in [2.75, 3.05) is 5.01 Å². The zero-order chi connectivity index (χ0) is 16.9. The van der Waals surface area contributed by atoms with E-state index in [1.807, 2.05) is 30.3 Å². The molecule has 1 atom stereocenters. The molecule has 0 bridgehead atoms. The zero-order valence-corrected chi connectivity index (χ0v) is 13.7. The molecule has 1 aromatic rings. The third-order valence-electron chi connectivity index (χ3n) is 4.57. The van der Waals surface area contributed by atoms with Crippen LogP contribution in [-0.2, 0) is 14.3 Å². The van der Waals surface area contributed by atoms with Gasteiger partial charge in [-0.3, -0.25) is 9.80 Å². The zero-order valence-electron chi connectivity index (χ0n) is 13.7. The molecule has 1 fully saturated rings. The van der Waals surface area contributed by atoms with Gasteiger partial charge in [0, 0.05) is 6.42 Å². The lowest BCUT2D eigenvalue weighted by Crippen LogP contribution is -2.39. The van der Waals surface area contributed by atoms with Gasteiger partial charge >= 0.3 is 5.97 Å². The Morgan fingerprint density at radius 2 is 1.75 bits per heavy atom. The van der Waals surface area contributed by atoms with Crippen molar-refractivity contribution in [1.29, 1.82) is 0 Å². The number of benzene rings is 1. The maximum absolute atomic E-state index is 12.4. The number of nitrogens with zero attached hydrogens (tertiary/aromatic N) is 2. The summed E-state index contributed by atoms with van der Waals surface area (Å²) >= 11 is 0. The molecule has 1 saturated carbocycles. The fraction of sp³-hybridized carbons (Fsp3) is 0.500. The lowest BCUT2D eigenvalue weighted by atomic mass is 10.1. The van der Waals surface area contributed by atoms with E-state index >= 15 is 0 Å². The predicted octanol–water partition coefficient (Wildman–Crippen LogP) is 2.37. The van der Waals surface area contributed by atoms with Crippen molar-refractivity contribution in [3.63, 3.8) is 0 Å². The molecule has 1 aliphatic carbocycles. The first-order valence-corrected chi connectivity index (χ1v) is 8.57. The van der Waals surface area contributed by atoms with Crippen molar-refractivity contribution >= 4 is 23.3 Å². The number of esters is 1. The number of amides is 1. The standard InChI is InChI=1S/C18H23N3O3/c19-17(22)16-12-15(20-21(16)13-8-4-3-5-9-13)18(23)24-14-10-6-1-2-7-11-14/h3-5,8-9,14,16H,1-2,6-7,10-12H2,(H2,19,22). The van der Waals surface area contributed by atoms with E-state index in [1.165, 1.54) is 17.9 Å². The molecule has 6 heteroatoms. The predicted molar refractivity (Wildman–Crippen MR) is 91.5 cm³/mol. The van der Waals surface area contributed by atoms with Crippen LogP contribution in [0.4, 0.5) is 5.69 Å². The summed E-state index contributed by atoms with van der Waals surface area (Å²) in [5.41, 5.74) is 6.49. The van der Waals surface area contributed by atoms with Crippen LogP contribution in [0.3, 0.4) is 0 Å². The van der Waals surface area contributed by atoms with Gasteiger partial charge in [0.05, 0.1) is 5.69 Å². The molecular formula is C18H23N3O3. The summed E-state index contributed by atoms with van der Waals surface area (Å²) in [6.45, 7) is 0. The first kappa shape index (κ1) is 16.5. The summed E-state index contributed by atoms with van der Waals surface area (Å²) in [4.78, 5) is 24.2. The molecule has 0 radical (unpaired) electrons. The minimum atomic E-state index is -0.649. The Balaban J connectivity index is 1.72. The maximum Gasteiger partial charge on any atom is 0.354 e. The van der Waals surface area contributed by atoms with Crippen molar-refractivity contribution in [3.8, 4) is 0 Å². The normalized spacial score (nSPS) is 21.9. The van der Waals surface area contributed by atoms with Gasteiger partial charge in [-0.1, -0.05) is 31.0 Å². The maximum atomic E-state index is 12.4. The Hall–Kier alpha value is -2.37. The number of primary amides is 1. The molecule has 2 N–H and O–H groups in total. The number of hydrogen-bond acceptors (Lipinski definition) is 5. The van der Waals surface area contributed by atoms with Crippen LogP contribution >= 0.6 is 0 Å². The summed E-state index contributed by atoms with van der Waals surface area (Å²) in [7, 11) is 0. The highest BCUT2D eigenvalue weighted by molar-refractivity contribution is 6.38. The highest BCUT2D eigenvalue weighted by Gasteiger charge is 2.36. The van der Waals surface area contributed by atoms with Gasteiger partial charge in [0.1, 0.15) is 17.9 Å². The molecule has 128 valence electrons. The van der Waals surface area contributed by atoms with Crippen molar-refractivity contribution in [1.82, 2.24) is 0 Å². The molecule has 1 unspecified atom stereocenters. The molecule has 24 heavy (non-hydrogen) atoms. The molecule has 1 aromatic carbocycles. The van der Waals surface area contributed by atoms with Gasteiger partial charge in [0.25, 0.3) is 0 Å². The average molecular weight is 329 g/mol. The Morgan fingerprint density at radius 1 is 1.08 bits per heavy atom. The van der Waals surface area contributed by atoms with Gasteiger partial charge in [-0.25, -0.2) is 4.79 Å². The van der Waals surface area contributed by atoms with Crippen molar-refractivity contribution in [2.45, 2.75) is 57.1 Å². The number of anilines is 1. The Labute approximate surface area is 141 Å². The summed E-state index contributed by atoms with van der Waals surface area (Å²) in [5, 5.41) is 5.84. The second kappa shape index (κ2) is 7.47. The quantitative estimate of drug-likeness (QED) is 0.679. The van der Waals surface area contributed by atoms with Crippen LogP contribution in [0.5, 0.6) is 0 Å². The van der Waals surface area contributed by atoms with Crippen LogP contribution in [0.2, 0.25) is 0 Å². The lowest BCUT2D eigenvalue weighted by molar-refractivity contribution is -0.141. The van der Waals surface area contributed by atoms with E-state index in [0.29, 0.717) is 0 Å². The molecule has 1 heterocycles. The lowest BCUT2D eigenvalue weighted by Gasteiger charge is -2.20. The number of carbonyl (C=O) groups is 2. The molecule has 3 rings (SSSR count). The fourth-order valence-electron chi connectivity index (χ4n) is 3.25. The van der Waals surface area contributed by atoms with E-state index in [2.05, 4.69) is 5.10 Å². The van der Waals surface area contributed by atoms with E-state index in [0.717, 1.165) is 31.4 Å². The number of nitrogens with two attached hydrogens (primary N) is 1. The molecule has 0 aromatic heterocycles. The second-order valence-electron chi connectivity index (χ2n) is 6.37. The Kier molecular flexibility index (Phi) is 5.13. The highest BCUT2D eigenvalue weighted by Crippen LogP contribution is 2.26. The van der Waals surface area contributed by atoms with Crippen molar-refractivity contribution in [3.05, 3.63) is 30.3 Å². The smallest absolute Gasteiger partial charge is 0.354 e. The summed E-state index contributed by atoms with van der Waals surface area (Å²) in [5.74, 6) is -0.925. The van der Waals surface area contributed by atoms with Crippen molar-refractivity contribution in [2.24, 2.45) is 10.8 Å². The van der Waals surface area contributed by atoms with Crippen LogP contribution in [0.1, 0.15) is 44.9 Å². The topological polar surface area (TPSA) is 85.0 Å². The molecule has 0 spiro atoms. The Bertz CT molecular complexity index is 622. The Morgan fingerprint density at radius 3 is 2.38 bits per heavy atom. The van der Waals surface area contributed by atoms with E-state index in [-0.39, 0.29) is 18.2 Å². The number of para-hydroxylation sites is 1. The number of hydrazone groups is 1. The number of rotatable bonds is 4. The third-order valence-corrected chi connectivity index (χ3v) is 4.57. The molecule has 2 aliphatic rings. The van der Waals surface area contributed by atoms with Gasteiger partial charge in [-0.15, -0.1) is 0 Å². The van der Waals surface area contributed by atoms with Crippen LogP contribution < -0.4 is 10.7 Å². The van der Waals surface area contributed by atoms with Gasteiger partial charge in [-0.2, -0.15) is 5.10 Å².